The first kappa shape index (κ1) is 8.94. The van der Waals surface area contributed by atoms with Gasteiger partial charge in [0, 0.05) is 6.42 Å². The van der Waals surface area contributed by atoms with Crippen LogP contribution >= 0.6 is 0 Å². The average Bonchev–Trinajstić information content (AvgIpc) is 2.21. The summed E-state index contributed by atoms with van der Waals surface area (Å²) in [7, 11) is 0. The molecule has 72 valence electrons. The maximum absolute atomic E-state index is 5.54. The van der Waals surface area contributed by atoms with Crippen molar-refractivity contribution in [2.24, 2.45) is 15.9 Å². The van der Waals surface area contributed by atoms with E-state index in [-0.39, 0.29) is 0 Å². The summed E-state index contributed by atoms with van der Waals surface area (Å²) in [5, 5.41) is 7.98. The molecule has 0 amide bonds. The van der Waals surface area contributed by atoms with E-state index in [9.17, 15) is 0 Å². The molecule has 1 aliphatic heterocycles. The minimum Gasteiger partial charge on any atom is -0.386 e. The lowest BCUT2D eigenvalue weighted by Crippen LogP contribution is -2.17. The van der Waals surface area contributed by atoms with Gasteiger partial charge in [-0.1, -0.05) is 29.8 Å². The Labute approximate surface area is 83.4 Å². The number of hydrogen-bond donors (Lipinski definition) is 1. The summed E-state index contributed by atoms with van der Waals surface area (Å²) >= 11 is 0. The van der Waals surface area contributed by atoms with E-state index in [2.05, 4.69) is 41.4 Å². The molecule has 3 heteroatoms. The summed E-state index contributed by atoms with van der Waals surface area (Å²) in [6.45, 7) is 2.07. The van der Waals surface area contributed by atoms with Gasteiger partial charge in [-0.2, -0.15) is 5.10 Å². The molecule has 3 nitrogen and oxygen atoms in total. The molecule has 0 saturated heterocycles. The highest BCUT2D eigenvalue weighted by Gasteiger charge is 2.08. The van der Waals surface area contributed by atoms with Gasteiger partial charge in [0.25, 0.3) is 0 Å². The van der Waals surface area contributed by atoms with Gasteiger partial charge in [0.05, 0.1) is 5.71 Å². The smallest absolute Gasteiger partial charge is 0.122 e. The maximum atomic E-state index is 5.54. The van der Waals surface area contributed by atoms with Crippen LogP contribution in [0.1, 0.15) is 24.0 Å². The highest BCUT2D eigenvalue weighted by atomic mass is 15.2. The first-order chi connectivity index (χ1) is 6.75. The molecule has 1 aromatic carbocycles. The van der Waals surface area contributed by atoms with Gasteiger partial charge in [-0.3, -0.25) is 0 Å². The minimum absolute atomic E-state index is 0.626. The molecule has 0 aromatic heterocycles. The Balaban J connectivity index is 2.28. The molecule has 0 atom stereocenters. The van der Waals surface area contributed by atoms with Crippen molar-refractivity contribution in [2.45, 2.75) is 19.8 Å². The Morgan fingerprint density at radius 3 is 2.36 bits per heavy atom. The summed E-state index contributed by atoms with van der Waals surface area (Å²) < 4.78 is 0. The molecule has 0 fully saturated rings. The predicted molar refractivity (Wildman–Crippen MR) is 58.6 cm³/mol. The van der Waals surface area contributed by atoms with Gasteiger partial charge in [0.2, 0.25) is 0 Å². The van der Waals surface area contributed by atoms with Crippen LogP contribution in [0.3, 0.4) is 0 Å². The Morgan fingerprint density at radius 2 is 1.79 bits per heavy atom. The summed E-state index contributed by atoms with van der Waals surface area (Å²) in [4.78, 5) is 0. The second-order valence-corrected chi connectivity index (χ2v) is 3.50. The first-order valence-corrected chi connectivity index (χ1v) is 4.71. The summed E-state index contributed by atoms with van der Waals surface area (Å²) in [5.74, 6) is 0.626. The van der Waals surface area contributed by atoms with Crippen LogP contribution < -0.4 is 5.73 Å². The largest absolute Gasteiger partial charge is 0.386 e. The molecule has 0 spiro atoms. The molecule has 1 aliphatic rings. The van der Waals surface area contributed by atoms with Crippen LogP contribution in [-0.4, -0.2) is 11.5 Å². The number of amidine groups is 1. The van der Waals surface area contributed by atoms with E-state index in [4.69, 9.17) is 5.73 Å². The summed E-state index contributed by atoms with van der Waals surface area (Å²) in [5.41, 5.74) is 8.97. The fraction of sp³-hybridized carbons (Fsp3) is 0.273. The van der Waals surface area contributed by atoms with Gasteiger partial charge in [-0.05, 0) is 18.9 Å². The van der Waals surface area contributed by atoms with Gasteiger partial charge in [-0.25, -0.2) is 0 Å². The zero-order valence-corrected chi connectivity index (χ0v) is 8.20. The Kier molecular flexibility index (Phi) is 2.31. The molecule has 0 saturated carbocycles. The van der Waals surface area contributed by atoms with Gasteiger partial charge < -0.3 is 5.73 Å². The van der Waals surface area contributed by atoms with Crippen molar-refractivity contribution in [3.63, 3.8) is 0 Å². The molecule has 2 N–H and O–H groups in total. The van der Waals surface area contributed by atoms with E-state index in [0.717, 1.165) is 24.1 Å². The molecule has 0 unspecified atom stereocenters. The van der Waals surface area contributed by atoms with Gasteiger partial charge in [0.15, 0.2) is 0 Å². The standard InChI is InChI=1S/C11H13N3/c1-8-2-4-9(5-3-8)10-6-7-11(12)14-13-10/h2-5H,6-7H2,1H3,(H2,12,14). The van der Waals surface area contributed by atoms with Crippen LogP contribution in [-0.2, 0) is 0 Å². The monoisotopic (exact) mass is 187 g/mol. The maximum Gasteiger partial charge on any atom is 0.122 e. The van der Waals surface area contributed by atoms with E-state index in [1.807, 2.05) is 0 Å². The first-order valence-electron chi connectivity index (χ1n) is 4.71. The lowest BCUT2D eigenvalue weighted by molar-refractivity contribution is 1.02. The average molecular weight is 187 g/mol. The molecule has 0 radical (unpaired) electrons. The Morgan fingerprint density at radius 1 is 1.07 bits per heavy atom. The fourth-order valence-corrected chi connectivity index (χ4v) is 1.42. The SMILES string of the molecule is Cc1ccc(C2=NN=C(N)CC2)cc1. The molecular formula is C11H13N3. The van der Waals surface area contributed by atoms with Crippen LogP contribution in [0.2, 0.25) is 0 Å². The van der Waals surface area contributed by atoms with Crippen molar-refractivity contribution in [1.29, 1.82) is 0 Å². The van der Waals surface area contributed by atoms with Crippen LogP contribution in [0, 0.1) is 6.92 Å². The molecule has 14 heavy (non-hydrogen) atoms. The van der Waals surface area contributed by atoms with E-state index in [1.54, 1.807) is 0 Å². The fourth-order valence-electron chi connectivity index (χ4n) is 1.42. The summed E-state index contributed by atoms with van der Waals surface area (Å²) in [6, 6.07) is 8.31. The summed E-state index contributed by atoms with van der Waals surface area (Å²) in [6.07, 6.45) is 1.70. The van der Waals surface area contributed by atoms with Crippen molar-refractivity contribution in [3.8, 4) is 0 Å². The minimum atomic E-state index is 0.626. The van der Waals surface area contributed by atoms with Crippen molar-refractivity contribution in [1.82, 2.24) is 0 Å². The van der Waals surface area contributed by atoms with Gasteiger partial charge in [0.1, 0.15) is 5.84 Å². The Hall–Kier alpha value is -1.64. The molecule has 1 aromatic rings. The number of hydrogen-bond acceptors (Lipinski definition) is 3. The van der Waals surface area contributed by atoms with Crippen molar-refractivity contribution in [2.75, 3.05) is 0 Å². The number of benzene rings is 1. The number of nitrogens with two attached hydrogens (primary N) is 1. The van der Waals surface area contributed by atoms with Crippen LogP contribution in [0.15, 0.2) is 34.5 Å². The second-order valence-electron chi connectivity index (χ2n) is 3.50. The highest BCUT2D eigenvalue weighted by Crippen LogP contribution is 2.11. The quantitative estimate of drug-likeness (QED) is 0.716. The number of aryl methyl sites for hydroxylation is 1. The van der Waals surface area contributed by atoms with E-state index in [0.29, 0.717) is 5.84 Å². The van der Waals surface area contributed by atoms with E-state index >= 15 is 0 Å². The van der Waals surface area contributed by atoms with E-state index < -0.39 is 0 Å². The van der Waals surface area contributed by atoms with Gasteiger partial charge in [-0.15, -0.1) is 5.10 Å². The molecular weight excluding hydrogens is 174 g/mol. The Bertz CT molecular complexity index is 387. The third-order valence-corrected chi connectivity index (χ3v) is 2.30. The molecule has 0 aliphatic carbocycles. The van der Waals surface area contributed by atoms with E-state index in [1.165, 1.54) is 5.56 Å². The number of rotatable bonds is 1. The van der Waals surface area contributed by atoms with Crippen LogP contribution in [0.25, 0.3) is 0 Å². The molecule has 0 bridgehead atoms. The topological polar surface area (TPSA) is 50.7 Å². The zero-order valence-electron chi connectivity index (χ0n) is 8.20. The van der Waals surface area contributed by atoms with Gasteiger partial charge >= 0.3 is 0 Å². The predicted octanol–water partition coefficient (Wildman–Crippen LogP) is 1.85. The normalized spacial score (nSPS) is 16.1. The van der Waals surface area contributed by atoms with Crippen molar-refractivity contribution < 1.29 is 0 Å². The lowest BCUT2D eigenvalue weighted by atomic mass is 10.0. The zero-order chi connectivity index (χ0) is 9.97. The molecule has 1 heterocycles. The van der Waals surface area contributed by atoms with Crippen LogP contribution in [0.5, 0.6) is 0 Å². The highest BCUT2D eigenvalue weighted by molar-refractivity contribution is 6.04. The van der Waals surface area contributed by atoms with Crippen molar-refractivity contribution in [3.05, 3.63) is 35.4 Å². The third kappa shape index (κ3) is 1.82. The number of nitrogens with zero attached hydrogens (tertiary/aromatic N) is 2. The molecule has 2 rings (SSSR count). The van der Waals surface area contributed by atoms with Crippen LogP contribution in [0.4, 0.5) is 0 Å². The second kappa shape index (κ2) is 3.62. The lowest BCUT2D eigenvalue weighted by Gasteiger charge is -2.09. The third-order valence-electron chi connectivity index (χ3n) is 2.30. The van der Waals surface area contributed by atoms with Crippen molar-refractivity contribution >= 4 is 11.5 Å².